The summed E-state index contributed by atoms with van der Waals surface area (Å²) in [5.41, 5.74) is 0. The van der Waals surface area contributed by atoms with Gasteiger partial charge in [0.05, 0.1) is 12.5 Å². The number of ether oxygens (including phenoxy) is 1. The van der Waals surface area contributed by atoms with Gasteiger partial charge in [-0.05, 0) is 0 Å². The first-order valence-corrected chi connectivity index (χ1v) is 3.56. The largest absolute Gasteiger partial charge is 0.474 e. The molecule has 9 heavy (non-hydrogen) atoms. The first kappa shape index (κ1) is 11.2. The monoisotopic (exact) mass is 150 g/mol. The van der Waals surface area contributed by atoms with Crippen molar-refractivity contribution in [3.05, 3.63) is 25.7 Å². The second kappa shape index (κ2) is 10.4. The van der Waals surface area contributed by atoms with Gasteiger partial charge in [-0.2, -0.15) is 0 Å². The molecule has 0 fully saturated rings. The summed E-state index contributed by atoms with van der Waals surface area (Å²) in [6.07, 6.45) is 3.82. The van der Waals surface area contributed by atoms with E-state index >= 15 is 0 Å². The van der Waals surface area contributed by atoms with Crippen molar-refractivity contribution >= 4 is 11.1 Å². The summed E-state index contributed by atoms with van der Waals surface area (Å²) in [5, 5.41) is 0. The van der Waals surface area contributed by atoms with Crippen molar-refractivity contribution in [2.24, 2.45) is 0 Å². The van der Waals surface area contributed by atoms with E-state index in [1.165, 1.54) is 18.8 Å². The minimum atomic E-state index is -1.61. The zero-order valence-electron chi connectivity index (χ0n) is 5.24. The maximum atomic E-state index is 9.11. The van der Waals surface area contributed by atoms with E-state index in [0.29, 0.717) is 0 Å². The topological polar surface area (TPSA) is 46.5 Å². The van der Waals surface area contributed by atoms with E-state index in [-0.39, 0.29) is 0 Å². The highest BCUT2D eigenvalue weighted by molar-refractivity contribution is 7.78. The summed E-state index contributed by atoms with van der Waals surface area (Å²) in [6.45, 7) is 6.51. The van der Waals surface area contributed by atoms with Crippen LogP contribution in [0.1, 0.15) is 0 Å². The maximum absolute atomic E-state index is 9.11. The fourth-order valence-corrected chi connectivity index (χ4v) is 0.0680. The Hall–Kier alpha value is -0.610. The van der Waals surface area contributed by atoms with E-state index in [1.807, 2.05) is 0 Å². The third-order valence-corrected chi connectivity index (χ3v) is 0.192. The fourth-order valence-electron chi connectivity index (χ4n) is 0.0680. The molecule has 0 spiro atoms. The van der Waals surface area contributed by atoms with Gasteiger partial charge >= 0.3 is 0 Å². The van der Waals surface area contributed by atoms with Crippen molar-refractivity contribution < 1.29 is 13.5 Å². The van der Waals surface area contributed by atoms with Gasteiger partial charge in [0, 0.05) is 6.26 Å². The van der Waals surface area contributed by atoms with Crippen LogP contribution in [0.3, 0.4) is 0 Å². The standard InChI is InChI=1S/C4H6O.CH4O2S/c1-3-5-4-2;1-4(2)3/h3-4H,1-2H2;1H3,(H,2,3). The fraction of sp³-hybridized carbons (Fsp3) is 0.200. The molecule has 0 aliphatic rings. The molecule has 0 heterocycles. The smallest absolute Gasteiger partial charge is 0.149 e. The molecule has 54 valence electrons. The molecule has 0 aromatic rings. The van der Waals surface area contributed by atoms with Gasteiger partial charge in [0.15, 0.2) is 0 Å². The summed E-state index contributed by atoms with van der Waals surface area (Å²) in [4.78, 5) is 0. The van der Waals surface area contributed by atoms with Gasteiger partial charge in [0.1, 0.15) is 11.1 Å². The predicted molar refractivity (Wildman–Crippen MR) is 38.2 cm³/mol. The van der Waals surface area contributed by atoms with Crippen molar-refractivity contribution in [3.8, 4) is 0 Å². The average Bonchev–Trinajstić information content (AvgIpc) is 1.66. The molecule has 0 aromatic carbocycles. The van der Waals surface area contributed by atoms with E-state index in [2.05, 4.69) is 17.9 Å². The van der Waals surface area contributed by atoms with Crippen LogP contribution in [-0.2, 0) is 15.8 Å². The van der Waals surface area contributed by atoms with E-state index in [4.69, 9.17) is 8.76 Å². The molecular formula is C5H10O3S. The summed E-state index contributed by atoms with van der Waals surface area (Å²) in [6, 6.07) is 0. The van der Waals surface area contributed by atoms with Crippen molar-refractivity contribution in [1.29, 1.82) is 0 Å². The highest BCUT2D eigenvalue weighted by atomic mass is 32.2. The summed E-state index contributed by atoms with van der Waals surface area (Å²) in [5.74, 6) is 0. The number of hydrogen-bond donors (Lipinski definition) is 1. The molecule has 1 N–H and O–H groups in total. The van der Waals surface area contributed by atoms with Gasteiger partial charge in [-0.3, -0.25) is 0 Å². The van der Waals surface area contributed by atoms with Crippen molar-refractivity contribution in [2.45, 2.75) is 0 Å². The Morgan fingerprint density at radius 3 is 1.78 bits per heavy atom. The molecule has 0 aliphatic carbocycles. The minimum absolute atomic E-state index is 1.19. The molecular weight excluding hydrogens is 140 g/mol. The Kier molecular flexibility index (Phi) is 13.0. The second-order valence-corrected chi connectivity index (χ2v) is 1.74. The lowest BCUT2D eigenvalue weighted by molar-refractivity contribution is 0.406. The summed E-state index contributed by atoms with van der Waals surface area (Å²) < 4.78 is 21.0. The van der Waals surface area contributed by atoms with Gasteiger partial charge in [-0.15, -0.1) is 0 Å². The van der Waals surface area contributed by atoms with Crippen molar-refractivity contribution in [2.75, 3.05) is 6.26 Å². The van der Waals surface area contributed by atoms with Gasteiger partial charge in [-0.25, -0.2) is 4.21 Å². The highest BCUT2D eigenvalue weighted by Gasteiger charge is 1.59. The summed E-state index contributed by atoms with van der Waals surface area (Å²) >= 11 is -1.61. The number of hydrogen-bond acceptors (Lipinski definition) is 2. The van der Waals surface area contributed by atoms with Crippen LogP contribution in [0.4, 0.5) is 0 Å². The molecule has 4 heteroatoms. The predicted octanol–water partition coefficient (Wildman–Crippen LogP) is 1.13. The second-order valence-electron chi connectivity index (χ2n) is 0.893. The molecule has 0 saturated heterocycles. The molecule has 0 amide bonds. The Bertz CT molecular complexity index is 90.4. The zero-order valence-corrected chi connectivity index (χ0v) is 6.06. The van der Waals surface area contributed by atoms with E-state index in [0.717, 1.165) is 0 Å². The normalized spacial score (nSPS) is 10.0. The lowest BCUT2D eigenvalue weighted by Gasteiger charge is -1.76. The van der Waals surface area contributed by atoms with E-state index in [1.54, 1.807) is 0 Å². The van der Waals surface area contributed by atoms with Crippen LogP contribution in [0.25, 0.3) is 0 Å². The van der Waals surface area contributed by atoms with Gasteiger partial charge in [0.2, 0.25) is 0 Å². The molecule has 0 aromatic heterocycles. The van der Waals surface area contributed by atoms with Gasteiger partial charge in [0.25, 0.3) is 0 Å². The van der Waals surface area contributed by atoms with Crippen LogP contribution in [0.2, 0.25) is 0 Å². The van der Waals surface area contributed by atoms with Gasteiger partial charge < -0.3 is 9.29 Å². The van der Waals surface area contributed by atoms with Crippen LogP contribution in [0.15, 0.2) is 25.7 Å². The number of rotatable bonds is 2. The lowest BCUT2D eigenvalue weighted by atomic mass is 11.1. The molecule has 0 saturated carbocycles. The molecule has 0 bridgehead atoms. The van der Waals surface area contributed by atoms with E-state index in [9.17, 15) is 0 Å². The Labute approximate surface area is 57.3 Å². The SMILES string of the molecule is C=COC=C.CS(=O)O. The third kappa shape index (κ3) is 111. The molecule has 1 unspecified atom stereocenters. The van der Waals surface area contributed by atoms with Crippen molar-refractivity contribution in [1.82, 2.24) is 0 Å². The molecule has 0 aliphatic heterocycles. The Morgan fingerprint density at radius 1 is 1.56 bits per heavy atom. The minimum Gasteiger partial charge on any atom is -0.474 e. The molecule has 3 nitrogen and oxygen atoms in total. The molecule has 0 rings (SSSR count). The molecule has 1 atom stereocenters. The molecule has 0 radical (unpaired) electrons. The van der Waals surface area contributed by atoms with Crippen molar-refractivity contribution in [3.63, 3.8) is 0 Å². The van der Waals surface area contributed by atoms with E-state index < -0.39 is 11.1 Å². The summed E-state index contributed by atoms with van der Waals surface area (Å²) in [7, 11) is 0. The first-order chi connectivity index (χ1) is 4.15. The van der Waals surface area contributed by atoms with Crippen LogP contribution in [0.5, 0.6) is 0 Å². The van der Waals surface area contributed by atoms with Crippen LogP contribution in [-0.4, -0.2) is 15.0 Å². The van der Waals surface area contributed by atoms with Crippen LogP contribution < -0.4 is 0 Å². The first-order valence-electron chi connectivity index (χ1n) is 2.05. The van der Waals surface area contributed by atoms with Crippen LogP contribution in [0, 0.1) is 0 Å². The quantitative estimate of drug-likeness (QED) is 0.474. The zero-order chi connectivity index (χ0) is 7.70. The maximum Gasteiger partial charge on any atom is 0.149 e. The third-order valence-electron chi connectivity index (χ3n) is 0.192. The van der Waals surface area contributed by atoms with Crippen LogP contribution >= 0.6 is 0 Å². The Morgan fingerprint density at radius 2 is 1.78 bits per heavy atom. The lowest BCUT2D eigenvalue weighted by Crippen LogP contribution is -1.72. The Balaban J connectivity index is 0. The highest BCUT2D eigenvalue weighted by Crippen LogP contribution is 1.65. The van der Waals surface area contributed by atoms with Gasteiger partial charge in [-0.1, -0.05) is 13.2 Å². The average molecular weight is 150 g/mol.